The minimum absolute atomic E-state index is 0.150. The van der Waals surface area contributed by atoms with Gasteiger partial charge in [0, 0.05) is 28.2 Å². The average Bonchev–Trinajstić information content (AvgIpc) is 3.78. The van der Waals surface area contributed by atoms with E-state index in [9.17, 15) is 9.18 Å². The molecule has 2 aromatic carbocycles. The molecule has 1 aliphatic rings. The van der Waals surface area contributed by atoms with E-state index in [0.717, 1.165) is 16.6 Å². The first-order valence-electron chi connectivity index (χ1n) is 13.5. The number of tetrazole rings is 1. The lowest BCUT2D eigenvalue weighted by atomic mass is 9.84. The number of nitrogens with one attached hydrogen (secondary N) is 2. The Balaban J connectivity index is 1.26. The first-order chi connectivity index (χ1) is 20.6. The van der Waals surface area contributed by atoms with Crippen molar-refractivity contribution in [3.8, 4) is 11.5 Å². The summed E-state index contributed by atoms with van der Waals surface area (Å²) >= 11 is 1.37. The molecule has 0 saturated heterocycles. The Hall–Kier alpha value is -5.11. The third-order valence-corrected chi connectivity index (χ3v) is 8.94. The maximum absolute atomic E-state index is 14.5. The van der Waals surface area contributed by atoms with Gasteiger partial charge in [0.1, 0.15) is 33.6 Å². The van der Waals surface area contributed by atoms with Crippen LogP contribution in [0.1, 0.15) is 48.4 Å². The number of aromatic amines is 1. The number of benzene rings is 2. The van der Waals surface area contributed by atoms with Crippen LogP contribution in [0.4, 0.5) is 16.0 Å². The SMILES string of the molecule is CC(C)(Cc1csc(C2(C)C(=O)Nc3nc(-c4nn(Cc5ccccc5F)c5ccccc45)nc(N)c32)n1)c1nn[nH]n1. The van der Waals surface area contributed by atoms with Gasteiger partial charge in [-0.2, -0.15) is 10.3 Å². The zero-order chi connectivity index (χ0) is 29.9. The highest BCUT2D eigenvalue weighted by Crippen LogP contribution is 2.46. The number of anilines is 2. The van der Waals surface area contributed by atoms with E-state index >= 15 is 0 Å². The van der Waals surface area contributed by atoms with Gasteiger partial charge < -0.3 is 11.1 Å². The lowest BCUT2D eigenvalue weighted by Gasteiger charge is -2.21. The number of aromatic nitrogens is 9. The standard InChI is InChI=1S/C29H26FN11OS/c1-28(2,25-36-39-40-37-25)12-16-14-43-27(32-16)29(3)20-22(31)33-24(34-23(20)35-26(29)42)21-17-9-5-7-11-19(17)41(38-21)13-15-8-4-6-10-18(15)30/h4-11,14H,12-13H2,1-3H3,(H,36,37,39,40)(H3,31,33,34,35,42). The van der Waals surface area contributed by atoms with Crippen molar-refractivity contribution in [2.45, 2.75) is 44.6 Å². The van der Waals surface area contributed by atoms with E-state index in [-0.39, 0.29) is 29.9 Å². The molecule has 0 spiro atoms. The minimum Gasteiger partial charge on any atom is -0.383 e. The third-order valence-electron chi connectivity index (χ3n) is 7.82. The van der Waals surface area contributed by atoms with Crippen molar-refractivity contribution in [1.29, 1.82) is 0 Å². The minimum atomic E-state index is -1.19. The molecule has 4 N–H and O–H groups in total. The van der Waals surface area contributed by atoms with Crippen molar-refractivity contribution in [3.63, 3.8) is 0 Å². The topological polar surface area (TPSA) is 166 Å². The fourth-order valence-electron chi connectivity index (χ4n) is 5.52. The fourth-order valence-corrected chi connectivity index (χ4v) is 6.50. The van der Waals surface area contributed by atoms with E-state index < -0.39 is 10.8 Å². The van der Waals surface area contributed by atoms with Gasteiger partial charge in [-0.3, -0.25) is 9.48 Å². The van der Waals surface area contributed by atoms with Gasteiger partial charge in [0.15, 0.2) is 11.6 Å². The largest absolute Gasteiger partial charge is 0.383 e. The van der Waals surface area contributed by atoms with Crippen molar-refractivity contribution in [1.82, 2.24) is 45.4 Å². The van der Waals surface area contributed by atoms with Crippen molar-refractivity contribution in [2.75, 3.05) is 11.1 Å². The predicted octanol–water partition coefficient (Wildman–Crippen LogP) is 4.01. The maximum atomic E-state index is 14.5. The Labute approximate surface area is 248 Å². The summed E-state index contributed by atoms with van der Waals surface area (Å²) < 4.78 is 16.2. The summed E-state index contributed by atoms with van der Waals surface area (Å²) in [6, 6.07) is 14.2. The number of hydrogen-bond donors (Lipinski definition) is 3. The highest BCUT2D eigenvalue weighted by atomic mass is 32.1. The first kappa shape index (κ1) is 26.8. The van der Waals surface area contributed by atoms with Gasteiger partial charge in [0.05, 0.1) is 23.3 Å². The molecular weight excluding hydrogens is 569 g/mol. The summed E-state index contributed by atoms with van der Waals surface area (Å²) in [6.07, 6.45) is 0.543. The number of carbonyl (C=O) groups is 1. The number of H-pyrrole nitrogens is 1. The van der Waals surface area contributed by atoms with E-state index in [4.69, 9.17) is 20.8 Å². The number of amides is 1. The van der Waals surface area contributed by atoms with Crippen LogP contribution in [-0.2, 0) is 28.6 Å². The summed E-state index contributed by atoms with van der Waals surface area (Å²) in [4.78, 5) is 27.7. The van der Waals surface area contributed by atoms with Gasteiger partial charge >= 0.3 is 0 Å². The second-order valence-electron chi connectivity index (χ2n) is 11.3. The number of fused-ring (bicyclic) bond motifs is 2. The lowest BCUT2D eigenvalue weighted by Crippen LogP contribution is -2.33. The number of rotatable bonds is 7. The summed E-state index contributed by atoms with van der Waals surface area (Å²) in [7, 11) is 0. The van der Waals surface area contributed by atoms with E-state index in [1.54, 1.807) is 29.8 Å². The molecule has 0 saturated carbocycles. The Morgan fingerprint density at radius 2 is 1.88 bits per heavy atom. The predicted molar refractivity (Wildman–Crippen MR) is 159 cm³/mol. The van der Waals surface area contributed by atoms with E-state index in [2.05, 4.69) is 30.9 Å². The van der Waals surface area contributed by atoms with E-state index in [1.165, 1.54) is 17.4 Å². The number of hydrogen-bond acceptors (Lipinski definition) is 10. The summed E-state index contributed by atoms with van der Waals surface area (Å²) in [6.45, 7) is 6.01. The Morgan fingerprint density at radius 3 is 2.67 bits per heavy atom. The molecule has 0 aliphatic carbocycles. The summed E-state index contributed by atoms with van der Waals surface area (Å²) in [5.41, 5.74) is 7.98. The first-order valence-corrected chi connectivity index (χ1v) is 14.4. The molecule has 12 nitrogen and oxygen atoms in total. The molecule has 0 bridgehead atoms. The zero-order valence-corrected chi connectivity index (χ0v) is 24.3. The zero-order valence-electron chi connectivity index (χ0n) is 23.5. The average molecular weight is 596 g/mol. The van der Waals surface area contributed by atoms with E-state index in [1.807, 2.05) is 43.5 Å². The molecule has 216 valence electrons. The van der Waals surface area contributed by atoms with Gasteiger partial charge in [0.25, 0.3) is 0 Å². The van der Waals surface area contributed by atoms with Crippen molar-refractivity contribution >= 4 is 39.8 Å². The molecule has 1 amide bonds. The molecule has 0 fully saturated rings. The van der Waals surface area contributed by atoms with Crippen LogP contribution in [0, 0.1) is 5.82 Å². The molecule has 1 aliphatic heterocycles. The number of nitrogen functional groups attached to an aromatic ring is 1. The molecule has 14 heteroatoms. The van der Waals surface area contributed by atoms with Gasteiger partial charge in [-0.15, -0.1) is 21.5 Å². The Bertz CT molecular complexity index is 2020. The summed E-state index contributed by atoms with van der Waals surface area (Å²) in [5.74, 6) is 0.683. The fraction of sp³-hybridized carbons (Fsp3) is 0.241. The number of carbonyl (C=O) groups excluding carboxylic acids is 1. The quantitative estimate of drug-likeness (QED) is 0.247. The Morgan fingerprint density at radius 1 is 1.09 bits per heavy atom. The molecule has 1 unspecified atom stereocenters. The van der Waals surface area contributed by atoms with Crippen LogP contribution in [0.2, 0.25) is 0 Å². The molecule has 43 heavy (non-hydrogen) atoms. The van der Waals surface area contributed by atoms with Crippen molar-refractivity contribution < 1.29 is 9.18 Å². The molecular formula is C29H26FN11OS. The third kappa shape index (κ3) is 4.33. The van der Waals surface area contributed by atoms with Crippen molar-refractivity contribution in [3.05, 3.63) is 87.4 Å². The van der Waals surface area contributed by atoms with Crippen LogP contribution in [0.5, 0.6) is 0 Å². The number of nitrogens with two attached hydrogens (primary N) is 1. The molecule has 1 atom stereocenters. The van der Waals surface area contributed by atoms with Crippen LogP contribution < -0.4 is 11.1 Å². The van der Waals surface area contributed by atoms with Gasteiger partial charge in [0.2, 0.25) is 5.91 Å². The molecule has 4 aromatic heterocycles. The van der Waals surface area contributed by atoms with Gasteiger partial charge in [-0.25, -0.2) is 19.3 Å². The second-order valence-corrected chi connectivity index (χ2v) is 12.1. The lowest BCUT2D eigenvalue weighted by molar-refractivity contribution is -0.119. The molecule has 5 heterocycles. The Kier molecular flexibility index (Phi) is 6.06. The molecule has 6 aromatic rings. The van der Waals surface area contributed by atoms with Gasteiger partial charge in [-0.1, -0.05) is 55.5 Å². The number of nitrogens with zero attached hydrogens (tertiary/aromatic N) is 8. The van der Waals surface area contributed by atoms with Crippen LogP contribution in [0.3, 0.4) is 0 Å². The van der Waals surface area contributed by atoms with E-state index in [0.29, 0.717) is 39.9 Å². The second kappa shape index (κ2) is 9.73. The van der Waals surface area contributed by atoms with Crippen LogP contribution in [0.15, 0.2) is 53.9 Å². The highest BCUT2D eigenvalue weighted by Gasteiger charge is 2.50. The van der Waals surface area contributed by atoms with Crippen molar-refractivity contribution in [2.24, 2.45) is 0 Å². The molecule has 7 rings (SSSR count). The maximum Gasteiger partial charge on any atom is 0.243 e. The highest BCUT2D eigenvalue weighted by molar-refractivity contribution is 7.10. The van der Waals surface area contributed by atoms with Crippen LogP contribution in [-0.4, -0.2) is 51.3 Å². The number of para-hydroxylation sites is 1. The smallest absolute Gasteiger partial charge is 0.243 e. The van der Waals surface area contributed by atoms with Crippen LogP contribution in [0.25, 0.3) is 22.4 Å². The number of thiazole rings is 1. The monoisotopic (exact) mass is 595 g/mol. The van der Waals surface area contributed by atoms with Crippen LogP contribution >= 0.6 is 11.3 Å². The number of halogens is 1. The normalized spacial score (nSPS) is 16.5. The molecule has 0 radical (unpaired) electrons. The summed E-state index contributed by atoms with van der Waals surface area (Å²) in [5, 5.41) is 25.3. The van der Waals surface area contributed by atoms with Gasteiger partial charge in [-0.05, 0) is 19.1 Å².